The Balaban J connectivity index is 1.54. The van der Waals surface area contributed by atoms with Gasteiger partial charge < -0.3 is 5.32 Å². The molecular formula is C16H20N8. The lowest BCUT2D eigenvalue weighted by molar-refractivity contribution is 0.645. The van der Waals surface area contributed by atoms with Crippen LogP contribution in [0.5, 0.6) is 0 Å². The molecule has 1 aliphatic carbocycles. The van der Waals surface area contributed by atoms with Crippen LogP contribution < -0.4 is 5.32 Å². The maximum Gasteiger partial charge on any atom is 0.253 e. The summed E-state index contributed by atoms with van der Waals surface area (Å²) in [5, 5.41) is 12.3. The topological polar surface area (TPSA) is 85.8 Å². The van der Waals surface area contributed by atoms with Gasteiger partial charge in [0, 0.05) is 24.5 Å². The summed E-state index contributed by atoms with van der Waals surface area (Å²) in [5.41, 5.74) is 1.95. The van der Waals surface area contributed by atoms with Gasteiger partial charge in [-0.2, -0.15) is 10.1 Å². The van der Waals surface area contributed by atoms with Crippen LogP contribution in [0.15, 0.2) is 6.07 Å². The van der Waals surface area contributed by atoms with Gasteiger partial charge in [0.2, 0.25) is 0 Å². The molecule has 0 radical (unpaired) electrons. The minimum atomic E-state index is 0.608. The van der Waals surface area contributed by atoms with Crippen molar-refractivity contribution in [3.05, 3.63) is 34.9 Å². The molecule has 1 aliphatic rings. The minimum Gasteiger partial charge on any atom is -0.307 e. The summed E-state index contributed by atoms with van der Waals surface area (Å²) in [4.78, 5) is 13.4. The van der Waals surface area contributed by atoms with Crippen LogP contribution in [-0.4, -0.2) is 40.4 Å². The molecule has 1 fully saturated rings. The fourth-order valence-electron chi connectivity index (χ4n) is 2.60. The van der Waals surface area contributed by atoms with E-state index in [1.54, 1.807) is 9.20 Å². The Morgan fingerprint density at radius 3 is 2.79 bits per heavy atom. The van der Waals surface area contributed by atoms with Crippen molar-refractivity contribution in [2.24, 2.45) is 7.05 Å². The molecule has 8 nitrogen and oxygen atoms in total. The van der Waals surface area contributed by atoms with Crippen LogP contribution in [0.1, 0.15) is 41.7 Å². The summed E-state index contributed by atoms with van der Waals surface area (Å²) < 4.78 is 3.51. The first-order valence-corrected chi connectivity index (χ1v) is 8.11. The van der Waals surface area contributed by atoms with E-state index in [1.807, 2.05) is 39.1 Å². The van der Waals surface area contributed by atoms with E-state index in [0.29, 0.717) is 24.2 Å². The highest BCUT2D eigenvalue weighted by Gasteiger charge is 2.20. The van der Waals surface area contributed by atoms with Crippen molar-refractivity contribution in [1.82, 2.24) is 39.7 Å². The number of hydrogen-bond donors (Lipinski definition) is 1. The van der Waals surface area contributed by atoms with Crippen LogP contribution >= 0.6 is 0 Å². The van der Waals surface area contributed by atoms with Crippen molar-refractivity contribution in [3.8, 4) is 0 Å². The van der Waals surface area contributed by atoms with Gasteiger partial charge in [-0.25, -0.2) is 19.2 Å². The molecule has 1 N–H and O–H groups in total. The number of rotatable bonds is 5. The fraction of sp³-hybridized carbons (Fsp3) is 0.438. The summed E-state index contributed by atoms with van der Waals surface area (Å²) in [6, 6.07) is 2.63. The summed E-state index contributed by atoms with van der Waals surface area (Å²) >= 11 is 0. The molecule has 0 unspecified atom stereocenters. The lowest BCUT2D eigenvalue weighted by atomic mass is 10.4. The molecule has 3 aromatic rings. The number of aryl methyl sites for hydroxylation is 3. The SMILES string of the molecule is Cc1cc(C)n2nc(C=Cc3nc(CNC4CC4)nn3C)nc2n1. The van der Waals surface area contributed by atoms with Gasteiger partial charge in [0.25, 0.3) is 5.78 Å². The molecule has 4 rings (SSSR count). The number of fused-ring (bicyclic) bond motifs is 1. The fourth-order valence-corrected chi connectivity index (χ4v) is 2.60. The summed E-state index contributed by atoms with van der Waals surface area (Å²) in [7, 11) is 1.89. The van der Waals surface area contributed by atoms with Crippen LogP contribution in [-0.2, 0) is 13.6 Å². The molecule has 0 saturated heterocycles. The minimum absolute atomic E-state index is 0.608. The van der Waals surface area contributed by atoms with Crippen LogP contribution in [0.4, 0.5) is 0 Å². The van der Waals surface area contributed by atoms with Gasteiger partial charge in [0.05, 0.1) is 6.54 Å². The first-order valence-electron chi connectivity index (χ1n) is 8.11. The Bertz CT molecular complexity index is 916. The average Bonchev–Trinajstić information content (AvgIpc) is 3.16. The highest BCUT2D eigenvalue weighted by Crippen LogP contribution is 2.18. The van der Waals surface area contributed by atoms with Gasteiger partial charge in [-0.3, -0.25) is 0 Å². The summed E-state index contributed by atoms with van der Waals surface area (Å²) in [6.07, 6.45) is 6.23. The second-order valence-electron chi connectivity index (χ2n) is 6.22. The molecule has 24 heavy (non-hydrogen) atoms. The largest absolute Gasteiger partial charge is 0.307 e. The molecule has 0 spiro atoms. The monoisotopic (exact) mass is 324 g/mol. The van der Waals surface area contributed by atoms with Gasteiger partial charge in [-0.1, -0.05) is 0 Å². The molecule has 124 valence electrons. The molecule has 1 saturated carbocycles. The zero-order valence-corrected chi connectivity index (χ0v) is 14.1. The molecule has 0 amide bonds. The number of hydrogen-bond acceptors (Lipinski definition) is 6. The predicted octanol–water partition coefficient (Wildman–Crippen LogP) is 1.29. The third-order valence-electron chi connectivity index (χ3n) is 3.98. The van der Waals surface area contributed by atoms with E-state index >= 15 is 0 Å². The van der Waals surface area contributed by atoms with Crippen LogP contribution in [0.3, 0.4) is 0 Å². The first-order chi connectivity index (χ1) is 11.6. The zero-order chi connectivity index (χ0) is 16.7. The Labute approximate surface area is 139 Å². The van der Waals surface area contributed by atoms with E-state index in [1.165, 1.54) is 12.8 Å². The van der Waals surface area contributed by atoms with Gasteiger partial charge in [-0.15, -0.1) is 5.10 Å². The highest BCUT2D eigenvalue weighted by atomic mass is 15.3. The Morgan fingerprint density at radius 1 is 1.17 bits per heavy atom. The van der Waals surface area contributed by atoms with Crippen LogP contribution in [0.25, 0.3) is 17.9 Å². The van der Waals surface area contributed by atoms with E-state index in [-0.39, 0.29) is 0 Å². The highest BCUT2D eigenvalue weighted by molar-refractivity contribution is 5.63. The number of nitrogens with one attached hydrogen (secondary N) is 1. The third kappa shape index (κ3) is 3.05. The Hall–Kier alpha value is -2.61. The van der Waals surface area contributed by atoms with Crippen molar-refractivity contribution in [2.45, 2.75) is 39.3 Å². The average molecular weight is 324 g/mol. The van der Waals surface area contributed by atoms with Crippen molar-refractivity contribution < 1.29 is 0 Å². The van der Waals surface area contributed by atoms with E-state index in [4.69, 9.17) is 0 Å². The standard InChI is InChI=1S/C16H20N8/c1-10-8-11(2)24-16(18-10)20-13(22-24)6-7-15-19-14(21-23(15)3)9-17-12-4-5-12/h6-8,12,17H,4-5,9H2,1-3H3. The summed E-state index contributed by atoms with van der Waals surface area (Å²) in [6.45, 7) is 4.65. The lowest BCUT2D eigenvalue weighted by Gasteiger charge is -1.97. The zero-order valence-electron chi connectivity index (χ0n) is 14.1. The number of aromatic nitrogens is 7. The molecule has 8 heteroatoms. The van der Waals surface area contributed by atoms with Crippen molar-refractivity contribution >= 4 is 17.9 Å². The van der Waals surface area contributed by atoms with Gasteiger partial charge in [-0.05, 0) is 44.9 Å². The maximum absolute atomic E-state index is 4.53. The van der Waals surface area contributed by atoms with Gasteiger partial charge in [0.1, 0.15) is 0 Å². The molecule has 3 aromatic heterocycles. The molecule has 3 heterocycles. The van der Waals surface area contributed by atoms with Gasteiger partial charge in [0.15, 0.2) is 17.5 Å². The molecular weight excluding hydrogens is 304 g/mol. The van der Waals surface area contributed by atoms with Crippen molar-refractivity contribution in [2.75, 3.05) is 0 Å². The molecule has 0 aliphatic heterocycles. The molecule has 0 aromatic carbocycles. The van der Waals surface area contributed by atoms with Crippen LogP contribution in [0.2, 0.25) is 0 Å². The Morgan fingerprint density at radius 2 is 2.00 bits per heavy atom. The van der Waals surface area contributed by atoms with E-state index in [2.05, 4.69) is 30.5 Å². The molecule has 0 atom stereocenters. The smallest absolute Gasteiger partial charge is 0.253 e. The first kappa shape index (κ1) is 14.9. The lowest BCUT2D eigenvalue weighted by Crippen LogP contribution is -2.16. The maximum atomic E-state index is 4.53. The normalized spacial score (nSPS) is 15.0. The Kier molecular flexibility index (Phi) is 3.61. The second kappa shape index (κ2) is 5.79. The predicted molar refractivity (Wildman–Crippen MR) is 90.0 cm³/mol. The van der Waals surface area contributed by atoms with E-state index in [0.717, 1.165) is 23.0 Å². The van der Waals surface area contributed by atoms with Crippen molar-refractivity contribution in [1.29, 1.82) is 0 Å². The van der Waals surface area contributed by atoms with Crippen molar-refractivity contribution in [3.63, 3.8) is 0 Å². The van der Waals surface area contributed by atoms with Gasteiger partial charge >= 0.3 is 0 Å². The van der Waals surface area contributed by atoms with E-state index in [9.17, 15) is 0 Å². The second-order valence-corrected chi connectivity index (χ2v) is 6.22. The molecule has 0 bridgehead atoms. The van der Waals surface area contributed by atoms with E-state index < -0.39 is 0 Å². The quantitative estimate of drug-likeness (QED) is 0.761. The summed E-state index contributed by atoms with van der Waals surface area (Å²) in [5.74, 6) is 2.80. The van der Waals surface area contributed by atoms with Crippen LogP contribution in [0, 0.1) is 13.8 Å². The number of nitrogens with zero attached hydrogens (tertiary/aromatic N) is 7. The third-order valence-corrected chi connectivity index (χ3v) is 3.98.